The van der Waals surface area contributed by atoms with Gasteiger partial charge >= 0.3 is 0 Å². The molecule has 0 heterocycles. The molecule has 1 aliphatic rings. The van der Waals surface area contributed by atoms with Crippen molar-refractivity contribution in [1.29, 1.82) is 0 Å². The highest BCUT2D eigenvalue weighted by atomic mass is 79.9. The van der Waals surface area contributed by atoms with E-state index in [1.807, 2.05) is 32.2 Å². The monoisotopic (exact) mass is 375 g/mol. The van der Waals surface area contributed by atoms with Gasteiger partial charge < -0.3 is 11.1 Å². The largest absolute Gasteiger partial charge is 0.329 e. The second kappa shape index (κ2) is 8.13. The van der Waals surface area contributed by atoms with E-state index in [0.717, 1.165) is 15.7 Å². The average molecular weight is 377 g/mol. The predicted molar refractivity (Wildman–Crippen MR) is 93.0 cm³/mol. The lowest BCUT2D eigenvalue weighted by Gasteiger charge is -2.26. The fraction of sp³-hybridized carbons (Fsp3) is 0.533. The third-order valence-corrected chi connectivity index (χ3v) is 4.70. The van der Waals surface area contributed by atoms with Crippen LogP contribution < -0.4 is 11.1 Å². The third kappa shape index (κ3) is 5.25. The number of benzene rings is 1. The lowest BCUT2D eigenvalue weighted by atomic mass is 10.1. The molecule has 1 unspecified atom stereocenters. The first-order chi connectivity index (χ1) is 9.51. The van der Waals surface area contributed by atoms with Crippen molar-refractivity contribution in [3.05, 3.63) is 28.2 Å². The standard InChI is InChI=1S/C15H22BrN3O.ClH/c1-10-7-12(5-6-13(10)16)18-15(20)9-19(2)14(8-17)11-3-4-11;/h5-7,11,14H,3-4,8-9,17H2,1-2H3,(H,18,20);1H. The highest BCUT2D eigenvalue weighted by Crippen LogP contribution is 2.34. The molecular formula is C15H23BrClN3O. The van der Waals surface area contributed by atoms with Crippen molar-refractivity contribution in [3.8, 4) is 0 Å². The first-order valence-electron chi connectivity index (χ1n) is 6.97. The third-order valence-electron chi connectivity index (χ3n) is 3.81. The number of carbonyl (C=O) groups excluding carboxylic acids is 1. The van der Waals surface area contributed by atoms with E-state index in [4.69, 9.17) is 5.73 Å². The van der Waals surface area contributed by atoms with Gasteiger partial charge in [-0.25, -0.2) is 0 Å². The van der Waals surface area contributed by atoms with Crippen LogP contribution in [0.4, 0.5) is 5.69 Å². The molecule has 0 bridgehead atoms. The van der Waals surface area contributed by atoms with Crippen molar-refractivity contribution < 1.29 is 4.79 Å². The molecule has 3 N–H and O–H groups in total. The van der Waals surface area contributed by atoms with Crippen molar-refractivity contribution in [2.24, 2.45) is 11.7 Å². The zero-order chi connectivity index (χ0) is 14.7. The molecule has 4 nitrogen and oxygen atoms in total. The fourth-order valence-electron chi connectivity index (χ4n) is 2.48. The van der Waals surface area contributed by atoms with Crippen molar-refractivity contribution in [2.75, 3.05) is 25.5 Å². The molecule has 1 aromatic carbocycles. The van der Waals surface area contributed by atoms with Gasteiger partial charge in [-0.3, -0.25) is 9.69 Å². The zero-order valence-corrected chi connectivity index (χ0v) is 14.8. The van der Waals surface area contributed by atoms with E-state index in [-0.39, 0.29) is 18.3 Å². The van der Waals surface area contributed by atoms with Crippen LogP contribution in [-0.2, 0) is 4.79 Å². The van der Waals surface area contributed by atoms with Crippen molar-refractivity contribution >= 4 is 39.9 Å². The van der Waals surface area contributed by atoms with Gasteiger partial charge in [0.25, 0.3) is 0 Å². The first-order valence-corrected chi connectivity index (χ1v) is 7.77. The summed E-state index contributed by atoms with van der Waals surface area (Å²) in [4.78, 5) is 14.1. The maximum Gasteiger partial charge on any atom is 0.238 e. The minimum absolute atomic E-state index is 0. The van der Waals surface area contributed by atoms with E-state index < -0.39 is 0 Å². The number of likely N-dealkylation sites (N-methyl/N-ethyl adjacent to an activating group) is 1. The molecule has 0 saturated heterocycles. The van der Waals surface area contributed by atoms with Crippen LogP contribution in [0.3, 0.4) is 0 Å². The molecule has 118 valence electrons. The minimum Gasteiger partial charge on any atom is -0.329 e. The number of nitrogens with one attached hydrogen (secondary N) is 1. The van der Waals surface area contributed by atoms with Gasteiger partial charge in [0.05, 0.1) is 6.54 Å². The van der Waals surface area contributed by atoms with E-state index in [1.54, 1.807) is 0 Å². The summed E-state index contributed by atoms with van der Waals surface area (Å²) in [6.45, 7) is 3.00. The molecule has 1 aliphatic carbocycles. The van der Waals surface area contributed by atoms with Crippen molar-refractivity contribution in [2.45, 2.75) is 25.8 Å². The van der Waals surface area contributed by atoms with E-state index in [9.17, 15) is 4.79 Å². The number of aryl methyl sites for hydroxylation is 1. The smallest absolute Gasteiger partial charge is 0.238 e. The molecule has 0 spiro atoms. The SMILES string of the molecule is Cc1cc(NC(=O)CN(C)C(CN)C2CC2)ccc1Br.Cl. The summed E-state index contributed by atoms with van der Waals surface area (Å²) in [7, 11) is 1.97. The highest BCUT2D eigenvalue weighted by Gasteiger charge is 2.33. The lowest BCUT2D eigenvalue weighted by Crippen LogP contribution is -2.43. The van der Waals surface area contributed by atoms with Crippen LogP contribution in [0.1, 0.15) is 18.4 Å². The van der Waals surface area contributed by atoms with Crippen molar-refractivity contribution in [3.63, 3.8) is 0 Å². The number of carbonyl (C=O) groups is 1. The lowest BCUT2D eigenvalue weighted by molar-refractivity contribution is -0.117. The van der Waals surface area contributed by atoms with Gasteiger partial charge in [-0.1, -0.05) is 15.9 Å². The van der Waals surface area contributed by atoms with Gasteiger partial charge in [0.1, 0.15) is 0 Å². The van der Waals surface area contributed by atoms with E-state index in [2.05, 4.69) is 26.1 Å². The second-order valence-corrected chi connectivity index (χ2v) is 6.42. The van der Waals surface area contributed by atoms with Gasteiger partial charge in [0.15, 0.2) is 0 Å². The predicted octanol–water partition coefficient (Wildman–Crippen LogP) is 2.79. The molecule has 1 saturated carbocycles. The summed E-state index contributed by atoms with van der Waals surface area (Å²) in [5.41, 5.74) is 7.74. The number of hydrogen-bond donors (Lipinski definition) is 2. The van der Waals surface area contributed by atoms with Crippen LogP contribution in [-0.4, -0.2) is 37.0 Å². The Bertz CT molecular complexity index is 494. The number of anilines is 1. The Balaban J connectivity index is 0.00000220. The Morgan fingerprint density at radius 1 is 1.52 bits per heavy atom. The van der Waals surface area contributed by atoms with Gasteiger partial charge in [-0.15, -0.1) is 12.4 Å². The Morgan fingerprint density at radius 2 is 2.19 bits per heavy atom. The maximum atomic E-state index is 12.1. The molecule has 2 rings (SSSR count). The Hall–Kier alpha value is -0.620. The van der Waals surface area contributed by atoms with Gasteiger partial charge in [0, 0.05) is 22.7 Å². The first kappa shape index (κ1) is 18.4. The molecule has 0 aromatic heterocycles. The molecule has 0 aliphatic heterocycles. The Morgan fingerprint density at radius 3 is 2.71 bits per heavy atom. The minimum atomic E-state index is 0. The van der Waals surface area contributed by atoms with Gasteiger partial charge in [-0.05, 0) is 56.5 Å². The second-order valence-electron chi connectivity index (χ2n) is 5.57. The number of nitrogens with zero attached hydrogens (tertiary/aromatic N) is 1. The van der Waals surface area contributed by atoms with Gasteiger partial charge in [0.2, 0.25) is 5.91 Å². The molecule has 6 heteroatoms. The summed E-state index contributed by atoms with van der Waals surface area (Å²) in [5, 5.41) is 2.94. The van der Waals surface area contributed by atoms with Crippen LogP contribution in [0.25, 0.3) is 0 Å². The van der Waals surface area contributed by atoms with E-state index in [1.165, 1.54) is 12.8 Å². The molecular weight excluding hydrogens is 354 g/mol. The van der Waals surface area contributed by atoms with E-state index >= 15 is 0 Å². The van der Waals surface area contributed by atoms with Crippen LogP contribution in [0.5, 0.6) is 0 Å². The number of nitrogens with two attached hydrogens (primary N) is 1. The summed E-state index contributed by atoms with van der Waals surface area (Å²) in [6, 6.07) is 6.13. The summed E-state index contributed by atoms with van der Waals surface area (Å²) in [5.74, 6) is 0.682. The van der Waals surface area contributed by atoms with Crippen LogP contribution in [0.2, 0.25) is 0 Å². The number of hydrogen-bond acceptors (Lipinski definition) is 3. The van der Waals surface area contributed by atoms with Crippen LogP contribution >= 0.6 is 28.3 Å². The van der Waals surface area contributed by atoms with E-state index in [0.29, 0.717) is 25.0 Å². The molecule has 1 fully saturated rings. The molecule has 21 heavy (non-hydrogen) atoms. The van der Waals surface area contributed by atoms with Crippen LogP contribution in [0.15, 0.2) is 22.7 Å². The number of amides is 1. The Kier molecular flexibility index (Phi) is 7.13. The maximum absolute atomic E-state index is 12.1. The molecule has 1 atom stereocenters. The molecule has 0 radical (unpaired) electrons. The van der Waals surface area contributed by atoms with Crippen molar-refractivity contribution in [1.82, 2.24) is 4.90 Å². The zero-order valence-electron chi connectivity index (χ0n) is 12.4. The molecule has 1 amide bonds. The summed E-state index contributed by atoms with van der Waals surface area (Å²) < 4.78 is 1.05. The highest BCUT2D eigenvalue weighted by molar-refractivity contribution is 9.10. The van der Waals surface area contributed by atoms with Gasteiger partial charge in [-0.2, -0.15) is 0 Å². The number of rotatable bonds is 6. The average Bonchev–Trinajstić information content (AvgIpc) is 3.19. The number of halogens is 2. The normalized spacial score (nSPS) is 15.5. The summed E-state index contributed by atoms with van der Waals surface area (Å²) in [6.07, 6.45) is 2.47. The Labute approximate surface area is 141 Å². The molecule has 1 aromatic rings. The quantitative estimate of drug-likeness (QED) is 0.802. The fourth-order valence-corrected chi connectivity index (χ4v) is 2.73. The van der Waals surface area contributed by atoms with Crippen LogP contribution in [0, 0.1) is 12.8 Å². The summed E-state index contributed by atoms with van der Waals surface area (Å²) >= 11 is 3.45. The topological polar surface area (TPSA) is 58.4 Å².